The van der Waals surface area contributed by atoms with Crippen molar-refractivity contribution >= 4 is 23.2 Å². The smallest absolute Gasteiger partial charge is 0.110 e. The van der Waals surface area contributed by atoms with E-state index in [0.29, 0.717) is 30.8 Å². The zero-order valence-corrected chi connectivity index (χ0v) is 12.1. The summed E-state index contributed by atoms with van der Waals surface area (Å²) in [6, 6.07) is 0. The number of alkyl halides is 2. The Hall–Kier alpha value is 0.460. The molecule has 0 spiro atoms. The summed E-state index contributed by atoms with van der Waals surface area (Å²) in [6.45, 7) is 5.66. The number of aliphatic hydroxyl groups excluding tert-OH is 1. The summed E-state index contributed by atoms with van der Waals surface area (Å²) < 4.78 is 0. The summed E-state index contributed by atoms with van der Waals surface area (Å²) >= 11 is 11.5. The molecule has 0 aromatic rings. The molecule has 1 heterocycles. The first-order chi connectivity index (χ1) is 8.20. The lowest BCUT2D eigenvalue weighted by atomic mass is 9.84. The van der Waals surface area contributed by atoms with E-state index < -0.39 is 6.23 Å². The van der Waals surface area contributed by atoms with Crippen LogP contribution in [0.4, 0.5) is 0 Å². The van der Waals surface area contributed by atoms with Crippen LogP contribution in [0.5, 0.6) is 0 Å². The van der Waals surface area contributed by atoms with Gasteiger partial charge in [0.15, 0.2) is 0 Å². The Balaban J connectivity index is 2.48. The average molecular weight is 283 g/mol. The first kappa shape index (κ1) is 15.5. The highest BCUT2D eigenvalue weighted by molar-refractivity contribution is 6.18. The van der Waals surface area contributed by atoms with Gasteiger partial charge in [0.2, 0.25) is 0 Å². The molecule has 1 fully saturated rings. The summed E-state index contributed by atoms with van der Waals surface area (Å²) in [5.41, 5.74) is 0. The molecule has 0 aromatic heterocycles. The molecule has 1 aliphatic heterocycles. The van der Waals surface area contributed by atoms with Crippen molar-refractivity contribution in [3.05, 3.63) is 0 Å². The summed E-state index contributed by atoms with van der Waals surface area (Å²) in [5.74, 6) is 1.95. The molecule has 2 unspecified atom stereocenters. The van der Waals surface area contributed by atoms with Gasteiger partial charge in [-0.1, -0.05) is 6.92 Å². The maximum absolute atomic E-state index is 10.4. The number of nitrogens with zero attached hydrogens (tertiary/aromatic N) is 1. The molecule has 0 saturated carbocycles. The van der Waals surface area contributed by atoms with E-state index in [1.807, 2.05) is 4.90 Å². The monoisotopic (exact) mass is 282 g/mol. The Morgan fingerprint density at radius 1 is 1.24 bits per heavy atom. The molecule has 3 nitrogen and oxygen atoms in total. The third kappa shape index (κ3) is 4.92. The molecule has 2 N–H and O–H groups in total. The van der Waals surface area contributed by atoms with Crippen molar-refractivity contribution < 1.29 is 5.11 Å². The standard InChI is InChI=1S/C12H24Cl2N2O/c1-10(11-2-6-15-7-3-11)12(17)16(8-4-13)9-5-14/h10-12,15,17H,2-9H2,1H3. The number of aliphatic hydroxyl groups is 1. The average Bonchev–Trinajstić information content (AvgIpc) is 2.38. The number of piperidine rings is 1. The first-order valence-corrected chi connectivity index (χ1v) is 7.52. The summed E-state index contributed by atoms with van der Waals surface area (Å²) in [4.78, 5) is 1.99. The fourth-order valence-corrected chi connectivity index (χ4v) is 2.97. The molecular formula is C12H24Cl2N2O. The van der Waals surface area contributed by atoms with E-state index in [1.54, 1.807) is 0 Å². The molecule has 0 amide bonds. The zero-order valence-electron chi connectivity index (χ0n) is 10.5. The van der Waals surface area contributed by atoms with Crippen molar-refractivity contribution in [1.82, 2.24) is 10.2 Å². The molecule has 17 heavy (non-hydrogen) atoms. The van der Waals surface area contributed by atoms with Crippen molar-refractivity contribution in [3.8, 4) is 0 Å². The van der Waals surface area contributed by atoms with E-state index in [9.17, 15) is 5.11 Å². The van der Waals surface area contributed by atoms with E-state index in [-0.39, 0.29) is 5.92 Å². The number of nitrogens with one attached hydrogen (secondary N) is 1. The molecule has 1 rings (SSSR count). The highest BCUT2D eigenvalue weighted by atomic mass is 35.5. The predicted octanol–water partition coefficient (Wildman–Crippen LogP) is 1.72. The minimum absolute atomic E-state index is 0.281. The van der Waals surface area contributed by atoms with Crippen LogP contribution < -0.4 is 5.32 Å². The van der Waals surface area contributed by atoms with Gasteiger partial charge in [0.05, 0.1) is 0 Å². The van der Waals surface area contributed by atoms with E-state index in [4.69, 9.17) is 23.2 Å². The Morgan fingerprint density at radius 2 is 1.76 bits per heavy atom. The van der Waals surface area contributed by atoms with E-state index in [1.165, 1.54) is 0 Å². The van der Waals surface area contributed by atoms with Crippen molar-refractivity contribution in [2.75, 3.05) is 37.9 Å². The van der Waals surface area contributed by atoms with Crippen LogP contribution in [0.1, 0.15) is 19.8 Å². The molecule has 5 heteroatoms. The van der Waals surface area contributed by atoms with Gasteiger partial charge >= 0.3 is 0 Å². The maximum Gasteiger partial charge on any atom is 0.110 e. The van der Waals surface area contributed by atoms with Gasteiger partial charge in [-0.3, -0.25) is 4.90 Å². The van der Waals surface area contributed by atoms with E-state index >= 15 is 0 Å². The summed E-state index contributed by atoms with van der Waals surface area (Å²) in [5, 5.41) is 13.7. The first-order valence-electron chi connectivity index (χ1n) is 6.45. The fourth-order valence-electron chi connectivity index (χ4n) is 2.54. The van der Waals surface area contributed by atoms with Gasteiger partial charge in [-0.05, 0) is 37.8 Å². The van der Waals surface area contributed by atoms with Crippen molar-refractivity contribution in [1.29, 1.82) is 0 Å². The van der Waals surface area contributed by atoms with Crippen LogP contribution in [0, 0.1) is 11.8 Å². The number of hydrogen-bond acceptors (Lipinski definition) is 3. The molecule has 102 valence electrons. The van der Waals surface area contributed by atoms with Gasteiger partial charge in [0, 0.05) is 24.8 Å². The molecule has 0 radical (unpaired) electrons. The van der Waals surface area contributed by atoms with Crippen LogP contribution >= 0.6 is 23.2 Å². The predicted molar refractivity (Wildman–Crippen MR) is 73.8 cm³/mol. The molecule has 0 bridgehead atoms. The number of rotatable bonds is 7. The third-order valence-electron chi connectivity index (χ3n) is 3.72. The van der Waals surface area contributed by atoms with Crippen LogP contribution in [0.2, 0.25) is 0 Å². The van der Waals surface area contributed by atoms with Crippen LogP contribution in [0.15, 0.2) is 0 Å². The van der Waals surface area contributed by atoms with Crippen LogP contribution in [0.25, 0.3) is 0 Å². The summed E-state index contributed by atoms with van der Waals surface area (Å²) in [6.07, 6.45) is 1.87. The second-order valence-corrected chi connectivity index (χ2v) is 5.53. The Morgan fingerprint density at radius 3 is 2.24 bits per heavy atom. The van der Waals surface area contributed by atoms with Gasteiger partial charge in [0.25, 0.3) is 0 Å². The van der Waals surface area contributed by atoms with Crippen LogP contribution in [-0.4, -0.2) is 54.2 Å². The van der Waals surface area contributed by atoms with E-state index in [2.05, 4.69) is 12.2 Å². The number of hydrogen-bond donors (Lipinski definition) is 2. The second-order valence-electron chi connectivity index (χ2n) is 4.77. The molecule has 1 saturated heterocycles. The Bertz CT molecular complexity index is 195. The normalized spacial score (nSPS) is 21.7. The Kier molecular flexibility index (Phi) is 7.80. The van der Waals surface area contributed by atoms with Crippen molar-refractivity contribution in [3.63, 3.8) is 0 Å². The molecule has 1 aliphatic rings. The quantitative estimate of drug-likeness (QED) is 0.551. The van der Waals surface area contributed by atoms with Gasteiger partial charge in [-0.25, -0.2) is 0 Å². The van der Waals surface area contributed by atoms with Gasteiger partial charge in [0.1, 0.15) is 6.23 Å². The summed E-state index contributed by atoms with van der Waals surface area (Å²) in [7, 11) is 0. The SMILES string of the molecule is CC(C1CCNCC1)C(O)N(CCCl)CCCl. The largest absolute Gasteiger partial charge is 0.378 e. The third-order valence-corrected chi connectivity index (χ3v) is 4.05. The van der Waals surface area contributed by atoms with Gasteiger partial charge in [-0.15, -0.1) is 23.2 Å². The lowest BCUT2D eigenvalue weighted by Gasteiger charge is -2.36. The minimum Gasteiger partial charge on any atom is -0.378 e. The highest BCUT2D eigenvalue weighted by Crippen LogP contribution is 2.26. The van der Waals surface area contributed by atoms with Gasteiger partial charge < -0.3 is 10.4 Å². The molecule has 2 atom stereocenters. The van der Waals surface area contributed by atoms with Crippen LogP contribution in [-0.2, 0) is 0 Å². The topological polar surface area (TPSA) is 35.5 Å². The van der Waals surface area contributed by atoms with Crippen molar-refractivity contribution in [2.24, 2.45) is 11.8 Å². The molecule has 0 aromatic carbocycles. The Labute approximate surface area is 114 Å². The lowest BCUT2D eigenvalue weighted by molar-refractivity contribution is -0.0502. The fraction of sp³-hybridized carbons (Fsp3) is 1.00. The van der Waals surface area contributed by atoms with Gasteiger partial charge in [-0.2, -0.15) is 0 Å². The maximum atomic E-state index is 10.4. The minimum atomic E-state index is -0.421. The molecule has 0 aliphatic carbocycles. The van der Waals surface area contributed by atoms with E-state index in [0.717, 1.165) is 25.9 Å². The number of halogens is 2. The lowest BCUT2D eigenvalue weighted by Crippen LogP contribution is -2.46. The van der Waals surface area contributed by atoms with Crippen molar-refractivity contribution in [2.45, 2.75) is 26.0 Å². The molecular weight excluding hydrogens is 259 g/mol. The highest BCUT2D eigenvalue weighted by Gasteiger charge is 2.29. The van der Waals surface area contributed by atoms with Crippen LogP contribution in [0.3, 0.4) is 0 Å². The second kappa shape index (κ2) is 8.54. The zero-order chi connectivity index (χ0) is 12.7.